The van der Waals surface area contributed by atoms with Crippen LogP contribution in [0.3, 0.4) is 0 Å². The van der Waals surface area contributed by atoms with E-state index < -0.39 is 17.8 Å². The SMILES string of the molecule is N#CC1CN(C(=O)Nc2ccc(CCC(=O)O)cc2F)C1. The summed E-state index contributed by atoms with van der Waals surface area (Å²) in [7, 11) is 0. The van der Waals surface area contributed by atoms with E-state index in [4.69, 9.17) is 10.4 Å². The zero-order valence-electron chi connectivity index (χ0n) is 11.2. The van der Waals surface area contributed by atoms with E-state index in [9.17, 15) is 14.0 Å². The van der Waals surface area contributed by atoms with Crippen molar-refractivity contribution in [1.82, 2.24) is 4.90 Å². The highest BCUT2D eigenvalue weighted by Gasteiger charge is 2.30. The number of carbonyl (C=O) groups excluding carboxylic acids is 1. The Hall–Kier alpha value is -2.62. The molecule has 7 heteroatoms. The first kappa shape index (κ1) is 14.8. The van der Waals surface area contributed by atoms with Crippen LogP contribution in [-0.2, 0) is 11.2 Å². The Morgan fingerprint density at radius 3 is 2.76 bits per heavy atom. The summed E-state index contributed by atoms with van der Waals surface area (Å²) in [6.45, 7) is 0.696. The number of amides is 2. The number of carbonyl (C=O) groups is 2. The average molecular weight is 291 g/mol. The molecule has 2 rings (SSSR count). The fraction of sp³-hybridized carbons (Fsp3) is 0.357. The number of nitrogens with one attached hydrogen (secondary N) is 1. The van der Waals surface area contributed by atoms with E-state index in [1.165, 1.54) is 17.0 Å². The minimum Gasteiger partial charge on any atom is -0.481 e. The number of hydrogen-bond acceptors (Lipinski definition) is 3. The molecule has 0 aromatic heterocycles. The van der Waals surface area contributed by atoms with Crippen LogP contribution in [0.4, 0.5) is 14.9 Å². The van der Waals surface area contributed by atoms with Crippen LogP contribution in [0.5, 0.6) is 0 Å². The fourth-order valence-corrected chi connectivity index (χ4v) is 1.99. The van der Waals surface area contributed by atoms with Gasteiger partial charge in [0, 0.05) is 19.5 Å². The Bertz CT molecular complexity index is 606. The van der Waals surface area contributed by atoms with E-state index in [0.717, 1.165) is 0 Å². The number of carboxylic acids is 1. The van der Waals surface area contributed by atoms with Gasteiger partial charge in [-0.15, -0.1) is 0 Å². The number of halogens is 1. The van der Waals surface area contributed by atoms with Gasteiger partial charge in [-0.3, -0.25) is 4.79 Å². The van der Waals surface area contributed by atoms with Crippen LogP contribution in [0.15, 0.2) is 18.2 Å². The first-order valence-corrected chi connectivity index (χ1v) is 6.45. The molecule has 0 atom stereocenters. The predicted molar refractivity (Wildman–Crippen MR) is 72.1 cm³/mol. The number of anilines is 1. The Kier molecular flexibility index (Phi) is 4.38. The number of nitriles is 1. The number of benzene rings is 1. The van der Waals surface area contributed by atoms with Gasteiger partial charge in [-0.05, 0) is 24.1 Å². The molecule has 1 fully saturated rings. The minimum absolute atomic E-state index is 0.0412. The maximum atomic E-state index is 13.8. The van der Waals surface area contributed by atoms with Crippen molar-refractivity contribution in [1.29, 1.82) is 5.26 Å². The summed E-state index contributed by atoms with van der Waals surface area (Å²) in [6.07, 6.45) is 0.158. The van der Waals surface area contributed by atoms with Gasteiger partial charge in [-0.1, -0.05) is 6.07 Å². The van der Waals surface area contributed by atoms with Gasteiger partial charge in [-0.2, -0.15) is 5.26 Å². The molecule has 1 aromatic carbocycles. The number of nitrogens with zero attached hydrogens (tertiary/aromatic N) is 2. The van der Waals surface area contributed by atoms with Gasteiger partial charge >= 0.3 is 12.0 Å². The molecule has 0 saturated carbocycles. The first-order chi connectivity index (χ1) is 9.99. The lowest BCUT2D eigenvalue weighted by Crippen LogP contribution is -2.51. The zero-order chi connectivity index (χ0) is 15.4. The molecule has 0 bridgehead atoms. The maximum absolute atomic E-state index is 13.8. The van der Waals surface area contributed by atoms with E-state index >= 15 is 0 Å². The molecule has 1 saturated heterocycles. The average Bonchev–Trinajstić information content (AvgIpc) is 2.38. The normalized spacial score (nSPS) is 14.2. The predicted octanol–water partition coefficient (Wildman–Crippen LogP) is 1.83. The summed E-state index contributed by atoms with van der Waals surface area (Å²) < 4.78 is 13.8. The third-order valence-electron chi connectivity index (χ3n) is 3.25. The lowest BCUT2D eigenvalue weighted by Gasteiger charge is -2.35. The van der Waals surface area contributed by atoms with E-state index in [1.807, 2.05) is 6.07 Å². The molecule has 2 amide bonds. The van der Waals surface area contributed by atoms with Crippen molar-refractivity contribution in [3.63, 3.8) is 0 Å². The second-order valence-electron chi connectivity index (χ2n) is 4.87. The molecular weight excluding hydrogens is 277 g/mol. The number of aryl methyl sites for hydroxylation is 1. The van der Waals surface area contributed by atoms with Gasteiger partial charge in [0.15, 0.2) is 0 Å². The summed E-state index contributed by atoms with van der Waals surface area (Å²) in [5.41, 5.74) is 0.598. The van der Waals surface area contributed by atoms with Crippen molar-refractivity contribution in [3.8, 4) is 6.07 Å². The van der Waals surface area contributed by atoms with Gasteiger partial charge in [0.25, 0.3) is 0 Å². The van der Waals surface area contributed by atoms with Crippen molar-refractivity contribution >= 4 is 17.7 Å². The van der Waals surface area contributed by atoms with Crippen LogP contribution in [0.2, 0.25) is 0 Å². The third kappa shape index (κ3) is 3.69. The summed E-state index contributed by atoms with van der Waals surface area (Å²) >= 11 is 0. The molecule has 2 N–H and O–H groups in total. The molecule has 0 spiro atoms. The van der Waals surface area contributed by atoms with Crippen molar-refractivity contribution < 1.29 is 19.1 Å². The standard InChI is InChI=1S/C14H14FN3O3/c15-11-5-9(2-4-13(19)20)1-3-12(11)17-14(21)18-7-10(6-16)8-18/h1,3,5,10H,2,4,7-8H2,(H,17,21)(H,19,20). The monoisotopic (exact) mass is 291 g/mol. The third-order valence-corrected chi connectivity index (χ3v) is 3.25. The molecule has 1 aliphatic rings. The van der Waals surface area contributed by atoms with Crippen molar-refractivity contribution in [2.45, 2.75) is 12.8 Å². The van der Waals surface area contributed by atoms with Crippen LogP contribution in [0, 0.1) is 23.1 Å². The van der Waals surface area contributed by atoms with Crippen LogP contribution in [0.1, 0.15) is 12.0 Å². The second kappa shape index (κ2) is 6.22. The highest BCUT2D eigenvalue weighted by atomic mass is 19.1. The number of likely N-dealkylation sites (tertiary alicyclic amines) is 1. The van der Waals surface area contributed by atoms with Crippen molar-refractivity contribution in [3.05, 3.63) is 29.6 Å². The summed E-state index contributed by atoms with van der Waals surface area (Å²) in [4.78, 5) is 23.6. The van der Waals surface area contributed by atoms with Gasteiger partial charge in [0.1, 0.15) is 5.82 Å². The van der Waals surface area contributed by atoms with Crippen LogP contribution >= 0.6 is 0 Å². The van der Waals surface area contributed by atoms with Gasteiger partial charge in [0.2, 0.25) is 0 Å². The fourth-order valence-electron chi connectivity index (χ4n) is 1.99. The quantitative estimate of drug-likeness (QED) is 0.885. The molecule has 6 nitrogen and oxygen atoms in total. The Balaban J connectivity index is 1.93. The summed E-state index contributed by atoms with van der Waals surface area (Å²) in [6, 6.07) is 5.81. The molecule has 21 heavy (non-hydrogen) atoms. The molecule has 110 valence electrons. The molecule has 1 aromatic rings. The summed E-state index contributed by atoms with van der Waals surface area (Å²) in [5, 5.41) is 19.6. The number of urea groups is 1. The van der Waals surface area contributed by atoms with E-state index in [-0.39, 0.29) is 24.4 Å². The van der Waals surface area contributed by atoms with Crippen LogP contribution in [-0.4, -0.2) is 35.1 Å². The lowest BCUT2D eigenvalue weighted by molar-refractivity contribution is -0.136. The molecule has 0 radical (unpaired) electrons. The van der Waals surface area contributed by atoms with Gasteiger partial charge in [-0.25, -0.2) is 9.18 Å². The Morgan fingerprint density at radius 1 is 1.48 bits per heavy atom. The van der Waals surface area contributed by atoms with Crippen LogP contribution < -0.4 is 5.32 Å². The highest BCUT2D eigenvalue weighted by Crippen LogP contribution is 2.20. The smallest absolute Gasteiger partial charge is 0.322 e. The Morgan fingerprint density at radius 2 is 2.19 bits per heavy atom. The zero-order valence-corrected chi connectivity index (χ0v) is 11.2. The van der Waals surface area contributed by atoms with Crippen LogP contribution in [0.25, 0.3) is 0 Å². The van der Waals surface area contributed by atoms with Crippen molar-refractivity contribution in [2.75, 3.05) is 18.4 Å². The lowest BCUT2D eigenvalue weighted by atomic mass is 10.0. The van der Waals surface area contributed by atoms with E-state index in [0.29, 0.717) is 18.7 Å². The van der Waals surface area contributed by atoms with E-state index in [1.54, 1.807) is 6.07 Å². The minimum atomic E-state index is -0.947. The largest absolute Gasteiger partial charge is 0.481 e. The number of carboxylic acid groups (broad SMARTS) is 1. The Labute approximate surface area is 120 Å². The molecular formula is C14H14FN3O3. The van der Waals surface area contributed by atoms with Gasteiger partial charge < -0.3 is 15.3 Å². The maximum Gasteiger partial charge on any atom is 0.322 e. The second-order valence-corrected chi connectivity index (χ2v) is 4.87. The molecule has 1 aliphatic heterocycles. The summed E-state index contributed by atoms with van der Waals surface area (Å²) in [5.74, 6) is -1.71. The molecule has 1 heterocycles. The number of aliphatic carboxylic acids is 1. The number of hydrogen-bond donors (Lipinski definition) is 2. The highest BCUT2D eigenvalue weighted by molar-refractivity contribution is 5.90. The molecule has 0 unspecified atom stereocenters. The topological polar surface area (TPSA) is 93.4 Å². The molecule has 0 aliphatic carbocycles. The van der Waals surface area contributed by atoms with E-state index in [2.05, 4.69) is 5.32 Å². The number of rotatable bonds is 4. The first-order valence-electron chi connectivity index (χ1n) is 6.45. The van der Waals surface area contributed by atoms with Crippen molar-refractivity contribution in [2.24, 2.45) is 5.92 Å². The van der Waals surface area contributed by atoms with Gasteiger partial charge in [0.05, 0.1) is 17.7 Å².